The van der Waals surface area contributed by atoms with Crippen molar-refractivity contribution in [2.75, 3.05) is 7.11 Å². The minimum absolute atomic E-state index is 0.308. The van der Waals surface area contributed by atoms with Crippen LogP contribution in [0.25, 0.3) is 0 Å². The van der Waals surface area contributed by atoms with Gasteiger partial charge in [0.25, 0.3) is 0 Å². The Morgan fingerprint density at radius 3 is 2.89 bits per heavy atom. The second-order valence-corrected chi connectivity index (χ2v) is 5.15. The summed E-state index contributed by atoms with van der Waals surface area (Å²) in [5.74, 6) is 1.03. The Bertz CT molecular complexity index is 381. The lowest BCUT2D eigenvalue weighted by Crippen LogP contribution is -2.40. The zero-order valence-electron chi connectivity index (χ0n) is 11.6. The normalized spacial score (nSPS) is 28.3. The van der Waals surface area contributed by atoms with Gasteiger partial charge < -0.3 is 9.84 Å². The van der Waals surface area contributed by atoms with Crippen molar-refractivity contribution in [1.82, 2.24) is 9.78 Å². The maximum Gasteiger partial charge on any atom is 0.162 e. The highest BCUT2D eigenvalue weighted by molar-refractivity contribution is 5.32. The van der Waals surface area contributed by atoms with Gasteiger partial charge in [-0.15, -0.1) is 0 Å². The molecule has 2 rings (SSSR count). The average molecular weight is 252 g/mol. The van der Waals surface area contributed by atoms with Crippen LogP contribution in [0.3, 0.4) is 0 Å². The standard InChI is InChI=1S/C14H24N2O2/c1-4-11-8-6-7-9-14(11,17)13-12(18-3)10-15-16(13)5-2/h10-11,17H,4-9H2,1-3H3. The van der Waals surface area contributed by atoms with Crippen molar-refractivity contribution < 1.29 is 9.84 Å². The summed E-state index contributed by atoms with van der Waals surface area (Å²) in [6.45, 7) is 4.96. The van der Waals surface area contributed by atoms with Crippen LogP contribution in [0.2, 0.25) is 0 Å². The van der Waals surface area contributed by atoms with Gasteiger partial charge in [-0.2, -0.15) is 5.10 Å². The third-order valence-electron chi connectivity index (χ3n) is 4.26. The highest BCUT2D eigenvalue weighted by Gasteiger charge is 2.43. The fourth-order valence-electron chi connectivity index (χ4n) is 3.28. The van der Waals surface area contributed by atoms with Gasteiger partial charge in [-0.05, 0) is 25.7 Å². The van der Waals surface area contributed by atoms with E-state index in [2.05, 4.69) is 12.0 Å². The predicted octanol–water partition coefficient (Wildman–Crippen LogP) is 2.70. The molecule has 1 aliphatic carbocycles. The van der Waals surface area contributed by atoms with Crippen LogP contribution in [-0.2, 0) is 12.1 Å². The molecular formula is C14H24N2O2. The van der Waals surface area contributed by atoms with Gasteiger partial charge in [-0.25, -0.2) is 0 Å². The molecule has 2 atom stereocenters. The maximum absolute atomic E-state index is 11.2. The molecule has 0 aliphatic heterocycles. The Balaban J connectivity index is 2.46. The van der Waals surface area contributed by atoms with Crippen molar-refractivity contribution in [2.45, 2.75) is 58.1 Å². The fraction of sp³-hybridized carbons (Fsp3) is 0.786. The number of aromatic nitrogens is 2. The maximum atomic E-state index is 11.2. The Kier molecular flexibility index (Phi) is 3.95. The number of aliphatic hydroxyl groups is 1. The highest BCUT2D eigenvalue weighted by Crippen LogP contribution is 2.46. The summed E-state index contributed by atoms with van der Waals surface area (Å²) in [5, 5.41) is 15.5. The van der Waals surface area contributed by atoms with Crippen LogP contribution in [0, 0.1) is 5.92 Å². The minimum atomic E-state index is -0.773. The van der Waals surface area contributed by atoms with Gasteiger partial charge in [0, 0.05) is 6.54 Å². The van der Waals surface area contributed by atoms with Crippen molar-refractivity contribution in [2.24, 2.45) is 5.92 Å². The molecule has 4 nitrogen and oxygen atoms in total. The first-order chi connectivity index (χ1) is 8.67. The van der Waals surface area contributed by atoms with Gasteiger partial charge in [0.05, 0.1) is 13.3 Å². The van der Waals surface area contributed by atoms with Crippen molar-refractivity contribution in [3.63, 3.8) is 0 Å². The van der Waals surface area contributed by atoms with Crippen LogP contribution in [0.5, 0.6) is 5.75 Å². The first-order valence-electron chi connectivity index (χ1n) is 7.00. The lowest BCUT2D eigenvalue weighted by atomic mass is 9.72. The quantitative estimate of drug-likeness (QED) is 0.896. The molecule has 1 fully saturated rings. The van der Waals surface area contributed by atoms with Gasteiger partial charge >= 0.3 is 0 Å². The van der Waals surface area contributed by atoms with Crippen LogP contribution >= 0.6 is 0 Å². The number of rotatable bonds is 4. The smallest absolute Gasteiger partial charge is 0.162 e. The zero-order valence-corrected chi connectivity index (χ0v) is 11.6. The largest absolute Gasteiger partial charge is 0.493 e. The van der Waals surface area contributed by atoms with E-state index in [-0.39, 0.29) is 0 Å². The SMILES string of the molecule is CCC1CCCCC1(O)c1c(OC)cnn1CC. The summed E-state index contributed by atoms with van der Waals surface area (Å²) in [4.78, 5) is 0. The van der Waals surface area contributed by atoms with Crippen LogP contribution in [0.15, 0.2) is 6.20 Å². The predicted molar refractivity (Wildman–Crippen MR) is 70.6 cm³/mol. The summed E-state index contributed by atoms with van der Waals surface area (Å²) in [6.07, 6.45) is 6.90. The zero-order chi connectivity index (χ0) is 13.2. The molecule has 18 heavy (non-hydrogen) atoms. The van der Waals surface area contributed by atoms with E-state index in [1.165, 1.54) is 6.42 Å². The average Bonchev–Trinajstić information content (AvgIpc) is 2.82. The number of ether oxygens (including phenoxy) is 1. The summed E-state index contributed by atoms with van der Waals surface area (Å²) < 4.78 is 7.28. The van der Waals surface area contributed by atoms with E-state index in [1.54, 1.807) is 13.3 Å². The van der Waals surface area contributed by atoms with Crippen LogP contribution in [0.1, 0.15) is 51.6 Å². The Hall–Kier alpha value is -1.03. The molecule has 1 aromatic rings. The van der Waals surface area contributed by atoms with Crippen molar-refractivity contribution in [1.29, 1.82) is 0 Å². The molecule has 2 unspecified atom stereocenters. The number of hydrogen-bond donors (Lipinski definition) is 1. The van der Waals surface area contributed by atoms with Crippen LogP contribution in [0.4, 0.5) is 0 Å². The van der Waals surface area contributed by atoms with E-state index in [4.69, 9.17) is 4.74 Å². The van der Waals surface area contributed by atoms with Gasteiger partial charge in [-0.3, -0.25) is 4.68 Å². The Morgan fingerprint density at radius 2 is 2.28 bits per heavy atom. The molecular weight excluding hydrogens is 228 g/mol. The van der Waals surface area contributed by atoms with Gasteiger partial charge in [0.1, 0.15) is 11.3 Å². The van der Waals surface area contributed by atoms with E-state index < -0.39 is 5.60 Å². The van der Waals surface area contributed by atoms with Crippen LogP contribution in [-0.4, -0.2) is 22.0 Å². The molecule has 1 N–H and O–H groups in total. The molecule has 1 heterocycles. The summed E-state index contributed by atoms with van der Waals surface area (Å²) in [5.41, 5.74) is 0.101. The second kappa shape index (κ2) is 5.31. The molecule has 0 bridgehead atoms. The van der Waals surface area contributed by atoms with E-state index >= 15 is 0 Å². The van der Waals surface area contributed by atoms with Gasteiger partial charge in [-0.1, -0.05) is 26.2 Å². The molecule has 1 aliphatic rings. The number of aryl methyl sites for hydroxylation is 1. The van der Waals surface area contributed by atoms with Gasteiger partial charge in [0.15, 0.2) is 5.75 Å². The van der Waals surface area contributed by atoms with E-state index in [9.17, 15) is 5.11 Å². The lowest BCUT2D eigenvalue weighted by Gasteiger charge is -2.40. The molecule has 4 heteroatoms. The third kappa shape index (κ3) is 2.03. The molecule has 102 valence electrons. The monoisotopic (exact) mass is 252 g/mol. The molecule has 1 saturated carbocycles. The summed E-state index contributed by atoms with van der Waals surface area (Å²) in [6, 6.07) is 0. The van der Waals surface area contributed by atoms with Gasteiger partial charge in [0.2, 0.25) is 0 Å². The van der Waals surface area contributed by atoms with E-state index in [0.717, 1.165) is 43.7 Å². The minimum Gasteiger partial charge on any atom is -0.493 e. The molecule has 0 saturated heterocycles. The van der Waals surface area contributed by atoms with E-state index in [1.807, 2.05) is 11.6 Å². The Labute approximate surface area is 109 Å². The molecule has 0 amide bonds. The Morgan fingerprint density at radius 1 is 1.50 bits per heavy atom. The van der Waals surface area contributed by atoms with Crippen molar-refractivity contribution in [3.8, 4) is 5.75 Å². The summed E-state index contributed by atoms with van der Waals surface area (Å²) >= 11 is 0. The second-order valence-electron chi connectivity index (χ2n) is 5.15. The molecule has 0 radical (unpaired) electrons. The first-order valence-corrected chi connectivity index (χ1v) is 7.00. The topological polar surface area (TPSA) is 47.3 Å². The van der Waals surface area contributed by atoms with Crippen molar-refractivity contribution >= 4 is 0 Å². The fourth-order valence-corrected chi connectivity index (χ4v) is 3.28. The third-order valence-corrected chi connectivity index (χ3v) is 4.26. The van der Waals surface area contributed by atoms with E-state index in [0.29, 0.717) is 5.92 Å². The number of methoxy groups -OCH3 is 1. The lowest BCUT2D eigenvalue weighted by molar-refractivity contribution is -0.0639. The number of nitrogens with zero attached hydrogens (tertiary/aromatic N) is 2. The summed E-state index contributed by atoms with van der Waals surface area (Å²) in [7, 11) is 1.65. The van der Waals surface area contributed by atoms with Crippen LogP contribution < -0.4 is 4.74 Å². The number of hydrogen-bond acceptors (Lipinski definition) is 3. The molecule has 0 aromatic carbocycles. The highest BCUT2D eigenvalue weighted by atomic mass is 16.5. The molecule has 0 spiro atoms. The first kappa shape index (κ1) is 13.4. The van der Waals surface area contributed by atoms with Crippen molar-refractivity contribution in [3.05, 3.63) is 11.9 Å². The molecule has 1 aromatic heterocycles.